The summed E-state index contributed by atoms with van der Waals surface area (Å²) in [6, 6.07) is 11.3. The number of aromatic nitrogens is 4. The minimum atomic E-state index is -0.249. The van der Waals surface area contributed by atoms with Gasteiger partial charge in [-0.25, -0.2) is 4.39 Å². The number of hydrogen-bond donors (Lipinski definition) is 1. The molecule has 2 aromatic carbocycles. The van der Waals surface area contributed by atoms with E-state index in [0.29, 0.717) is 22.8 Å². The molecule has 0 saturated carbocycles. The maximum atomic E-state index is 12.9. The number of hydrogen-bond acceptors (Lipinski definition) is 5. The first-order valence-electron chi connectivity index (χ1n) is 7.83. The van der Waals surface area contributed by atoms with Gasteiger partial charge in [-0.3, -0.25) is 4.79 Å². The molecule has 1 heterocycles. The maximum absolute atomic E-state index is 12.9. The summed E-state index contributed by atoms with van der Waals surface area (Å²) in [5.74, 6) is 0.313. The Hall–Kier alpha value is -2.45. The van der Waals surface area contributed by atoms with E-state index >= 15 is 0 Å². The van der Waals surface area contributed by atoms with Gasteiger partial charge >= 0.3 is 0 Å². The molecule has 0 unspecified atom stereocenters. The molecular weight excluding hydrogens is 377 g/mol. The number of nitrogens with one attached hydrogen (secondary N) is 1. The van der Waals surface area contributed by atoms with E-state index in [2.05, 4.69) is 20.8 Å². The van der Waals surface area contributed by atoms with Crippen LogP contribution in [0.15, 0.2) is 53.7 Å². The molecule has 3 aromatic rings. The topological polar surface area (TPSA) is 72.7 Å². The summed E-state index contributed by atoms with van der Waals surface area (Å²) in [6.45, 7) is 0.509. The van der Waals surface area contributed by atoms with E-state index in [-0.39, 0.29) is 11.7 Å². The van der Waals surface area contributed by atoms with Crippen LogP contribution < -0.4 is 5.32 Å². The van der Waals surface area contributed by atoms with E-state index in [9.17, 15) is 9.18 Å². The highest BCUT2D eigenvalue weighted by Crippen LogP contribution is 2.20. The number of carbonyl (C=O) groups is 1. The lowest BCUT2D eigenvalue weighted by Crippen LogP contribution is -2.26. The van der Waals surface area contributed by atoms with E-state index in [1.165, 1.54) is 23.1 Å². The van der Waals surface area contributed by atoms with Gasteiger partial charge in [0.05, 0.1) is 11.3 Å². The fourth-order valence-electron chi connectivity index (χ4n) is 2.25. The molecule has 9 heteroatoms. The Morgan fingerprint density at radius 1 is 1.23 bits per heavy atom. The number of thioether (sulfide) groups is 1. The van der Waals surface area contributed by atoms with Gasteiger partial charge in [0.15, 0.2) is 0 Å². The van der Waals surface area contributed by atoms with Gasteiger partial charge < -0.3 is 5.32 Å². The molecule has 0 spiro atoms. The fourth-order valence-corrected chi connectivity index (χ4v) is 3.28. The zero-order valence-corrected chi connectivity index (χ0v) is 15.2. The summed E-state index contributed by atoms with van der Waals surface area (Å²) < 4.78 is 14.3. The second kappa shape index (κ2) is 8.77. The summed E-state index contributed by atoms with van der Waals surface area (Å²) >= 11 is 7.62. The monoisotopic (exact) mass is 391 g/mol. The number of rotatable bonds is 7. The lowest BCUT2D eigenvalue weighted by Gasteiger charge is -2.10. The standard InChI is InChI=1S/C17H15ClFN5OS/c18-12-2-7-16(24-11-21-22-23-24)15(10-12)17(25)20-8-1-9-26-14-5-3-13(19)4-6-14/h2-7,10-11H,1,8-9H2,(H,20,25). The zero-order chi connectivity index (χ0) is 18.4. The summed E-state index contributed by atoms with van der Waals surface area (Å²) in [7, 11) is 0. The lowest BCUT2D eigenvalue weighted by molar-refractivity contribution is 0.0953. The third-order valence-electron chi connectivity index (χ3n) is 3.49. The highest BCUT2D eigenvalue weighted by atomic mass is 35.5. The molecule has 0 atom stereocenters. The van der Waals surface area contributed by atoms with Gasteiger partial charge in [0, 0.05) is 16.5 Å². The number of tetrazole rings is 1. The Morgan fingerprint density at radius 2 is 2.04 bits per heavy atom. The molecule has 3 rings (SSSR count). The molecule has 0 bridgehead atoms. The first-order valence-corrected chi connectivity index (χ1v) is 9.19. The van der Waals surface area contributed by atoms with Gasteiger partial charge in [0.25, 0.3) is 5.91 Å². The van der Waals surface area contributed by atoms with E-state index in [4.69, 9.17) is 11.6 Å². The molecule has 1 N–H and O–H groups in total. The molecular formula is C17H15ClFN5OS. The van der Waals surface area contributed by atoms with Crippen LogP contribution in [0.1, 0.15) is 16.8 Å². The van der Waals surface area contributed by atoms with Gasteiger partial charge in [-0.15, -0.1) is 16.9 Å². The average molecular weight is 392 g/mol. The Balaban J connectivity index is 1.54. The van der Waals surface area contributed by atoms with E-state index in [1.807, 2.05) is 0 Å². The fraction of sp³-hybridized carbons (Fsp3) is 0.176. The zero-order valence-electron chi connectivity index (χ0n) is 13.6. The SMILES string of the molecule is O=C(NCCCSc1ccc(F)cc1)c1cc(Cl)ccc1-n1cnnn1. The molecule has 0 radical (unpaired) electrons. The van der Waals surface area contributed by atoms with Gasteiger partial charge in [-0.2, -0.15) is 4.68 Å². The third kappa shape index (κ3) is 4.80. The number of nitrogens with zero attached hydrogens (tertiary/aromatic N) is 4. The molecule has 1 amide bonds. The number of halogens is 2. The van der Waals surface area contributed by atoms with Gasteiger partial charge in [0.1, 0.15) is 12.1 Å². The van der Waals surface area contributed by atoms with Crippen molar-refractivity contribution >= 4 is 29.3 Å². The Bertz CT molecular complexity index is 873. The first kappa shape index (κ1) is 18.3. The van der Waals surface area contributed by atoms with Crippen LogP contribution in [0.25, 0.3) is 5.69 Å². The molecule has 0 aliphatic heterocycles. The minimum absolute atomic E-state index is 0.246. The van der Waals surface area contributed by atoms with Crippen LogP contribution in [0.3, 0.4) is 0 Å². The van der Waals surface area contributed by atoms with Crippen molar-refractivity contribution in [2.24, 2.45) is 0 Å². The molecule has 0 saturated heterocycles. The second-order valence-electron chi connectivity index (χ2n) is 5.33. The van der Waals surface area contributed by atoms with E-state index in [0.717, 1.165) is 17.1 Å². The molecule has 0 aliphatic rings. The van der Waals surface area contributed by atoms with Crippen molar-refractivity contribution in [3.8, 4) is 5.69 Å². The van der Waals surface area contributed by atoms with E-state index < -0.39 is 0 Å². The molecule has 0 aliphatic carbocycles. The summed E-state index contributed by atoms with van der Waals surface area (Å²) in [5, 5.41) is 14.3. The van der Waals surface area contributed by atoms with E-state index in [1.54, 1.807) is 42.1 Å². The van der Waals surface area contributed by atoms with Crippen LogP contribution in [0.4, 0.5) is 4.39 Å². The lowest BCUT2D eigenvalue weighted by atomic mass is 10.1. The molecule has 134 valence electrons. The Kier molecular flexibility index (Phi) is 6.19. The van der Waals surface area contributed by atoms with Crippen molar-refractivity contribution in [3.05, 3.63) is 65.2 Å². The molecule has 1 aromatic heterocycles. The van der Waals surface area contributed by atoms with Crippen molar-refractivity contribution in [1.82, 2.24) is 25.5 Å². The van der Waals surface area contributed by atoms with Gasteiger partial charge in [-0.05, 0) is 65.1 Å². The van der Waals surface area contributed by atoms with Crippen LogP contribution in [0, 0.1) is 5.82 Å². The van der Waals surface area contributed by atoms with Crippen LogP contribution >= 0.6 is 23.4 Å². The molecule has 0 fully saturated rings. The number of benzene rings is 2. The van der Waals surface area contributed by atoms with Gasteiger partial charge in [0.2, 0.25) is 0 Å². The number of carbonyl (C=O) groups excluding carboxylic acids is 1. The van der Waals surface area contributed by atoms with Crippen molar-refractivity contribution in [3.63, 3.8) is 0 Å². The number of amides is 1. The predicted molar refractivity (Wildman–Crippen MR) is 98.2 cm³/mol. The largest absolute Gasteiger partial charge is 0.352 e. The van der Waals surface area contributed by atoms with Crippen LogP contribution in [-0.2, 0) is 0 Å². The highest BCUT2D eigenvalue weighted by molar-refractivity contribution is 7.99. The Labute approximate surface area is 158 Å². The predicted octanol–water partition coefficient (Wildman–Crippen LogP) is 3.37. The normalized spacial score (nSPS) is 10.7. The summed E-state index contributed by atoms with van der Waals surface area (Å²) in [4.78, 5) is 13.5. The summed E-state index contributed by atoms with van der Waals surface area (Å²) in [6.07, 6.45) is 2.19. The first-order chi connectivity index (χ1) is 12.6. The quantitative estimate of drug-likeness (QED) is 0.494. The second-order valence-corrected chi connectivity index (χ2v) is 6.93. The smallest absolute Gasteiger partial charge is 0.253 e. The minimum Gasteiger partial charge on any atom is -0.352 e. The van der Waals surface area contributed by atoms with Crippen molar-refractivity contribution in [2.75, 3.05) is 12.3 Å². The Morgan fingerprint density at radius 3 is 2.77 bits per heavy atom. The maximum Gasteiger partial charge on any atom is 0.253 e. The summed E-state index contributed by atoms with van der Waals surface area (Å²) in [5.41, 5.74) is 0.952. The third-order valence-corrected chi connectivity index (χ3v) is 4.82. The van der Waals surface area contributed by atoms with Crippen molar-refractivity contribution in [1.29, 1.82) is 0 Å². The van der Waals surface area contributed by atoms with Crippen molar-refractivity contribution < 1.29 is 9.18 Å². The molecule has 26 heavy (non-hydrogen) atoms. The van der Waals surface area contributed by atoms with Crippen LogP contribution in [0.5, 0.6) is 0 Å². The average Bonchev–Trinajstić information content (AvgIpc) is 3.17. The van der Waals surface area contributed by atoms with Crippen LogP contribution in [-0.4, -0.2) is 38.4 Å². The van der Waals surface area contributed by atoms with Crippen molar-refractivity contribution in [2.45, 2.75) is 11.3 Å². The highest BCUT2D eigenvalue weighted by Gasteiger charge is 2.14. The molecule has 6 nitrogen and oxygen atoms in total. The van der Waals surface area contributed by atoms with Gasteiger partial charge in [-0.1, -0.05) is 11.6 Å². The van der Waals surface area contributed by atoms with Crippen LogP contribution in [0.2, 0.25) is 5.02 Å².